The maximum absolute atomic E-state index is 4.58. The van der Waals surface area contributed by atoms with Crippen molar-refractivity contribution >= 4 is 11.3 Å². The van der Waals surface area contributed by atoms with Crippen molar-refractivity contribution in [1.82, 2.24) is 10.3 Å². The molecule has 2 rings (SSSR count). The first-order valence-electron chi connectivity index (χ1n) is 12.2. The topological polar surface area (TPSA) is 24.9 Å². The minimum atomic E-state index is 0.542. The molecule has 2 nitrogen and oxygen atoms in total. The number of nitrogens with zero attached hydrogens (tertiary/aromatic N) is 1. The standard InChI is InChI=1S/C20H24N2.C6H14.2C2H6/c1-6-11-21-16(5)17-8-7-15(4)19(12-17)20-10-9-18(13-22-20)14(2)3;1-5-6(2,3)4;2*1-2/h7-10,12-13,21H,2,5-6,11H2,1,3-4H3;5H2,1-4H3;2*1-2H3. The number of allylic oxidation sites excluding steroid dienone is 1. The molecule has 2 aromatic rings. The van der Waals surface area contributed by atoms with E-state index in [9.17, 15) is 0 Å². The van der Waals surface area contributed by atoms with E-state index >= 15 is 0 Å². The lowest BCUT2D eigenvalue weighted by atomic mass is 9.94. The highest BCUT2D eigenvalue weighted by atomic mass is 14.9. The highest BCUT2D eigenvalue weighted by Crippen LogP contribution is 2.26. The fraction of sp³-hybridized carbons (Fsp3) is 0.500. The van der Waals surface area contributed by atoms with Gasteiger partial charge in [0.1, 0.15) is 0 Å². The molecule has 0 radical (unpaired) electrons. The maximum atomic E-state index is 4.58. The molecule has 0 unspecified atom stereocenters. The van der Waals surface area contributed by atoms with Crippen LogP contribution in [0.15, 0.2) is 49.7 Å². The summed E-state index contributed by atoms with van der Waals surface area (Å²) in [6, 6.07) is 10.5. The van der Waals surface area contributed by atoms with Crippen LogP contribution in [0.3, 0.4) is 0 Å². The van der Waals surface area contributed by atoms with Crippen LogP contribution in [0.5, 0.6) is 0 Å². The van der Waals surface area contributed by atoms with Gasteiger partial charge >= 0.3 is 0 Å². The summed E-state index contributed by atoms with van der Waals surface area (Å²) in [6.45, 7) is 32.2. The van der Waals surface area contributed by atoms with E-state index in [-0.39, 0.29) is 0 Å². The number of benzene rings is 1. The summed E-state index contributed by atoms with van der Waals surface area (Å²) in [7, 11) is 0. The highest BCUT2D eigenvalue weighted by molar-refractivity contribution is 5.72. The number of aryl methyl sites for hydroxylation is 1. The van der Waals surface area contributed by atoms with Crippen LogP contribution in [0.25, 0.3) is 22.5 Å². The van der Waals surface area contributed by atoms with Crippen molar-refractivity contribution in [3.05, 3.63) is 66.4 Å². The lowest BCUT2D eigenvalue weighted by Crippen LogP contribution is -2.12. The van der Waals surface area contributed by atoms with Crippen LogP contribution in [-0.2, 0) is 0 Å². The van der Waals surface area contributed by atoms with Crippen LogP contribution in [-0.4, -0.2) is 11.5 Å². The van der Waals surface area contributed by atoms with Gasteiger partial charge < -0.3 is 5.32 Å². The molecule has 1 heterocycles. The van der Waals surface area contributed by atoms with Crippen LogP contribution in [0, 0.1) is 12.3 Å². The Bertz CT molecular complexity index is 777. The Labute approximate surface area is 200 Å². The van der Waals surface area contributed by atoms with Gasteiger partial charge in [-0.1, -0.05) is 100 Å². The molecule has 0 fully saturated rings. The van der Waals surface area contributed by atoms with E-state index < -0.39 is 0 Å². The number of hydrogen-bond acceptors (Lipinski definition) is 2. The number of aromatic nitrogens is 1. The molecule has 32 heavy (non-hydrogen) atoms. The average Bonchev–Trinajstić information content (AvgIpc) is 2.80. The fourth-order valence-corrected chi connectivity index (χ4v) is 2.27. The molecule has 0 aliphatic heterocycles. The van der Waals surface area contributed by atoms with E-state index in [2.05, 4.69) is 95.3 Å². The zero-order valence-corrected chi connectivity index (χ0v) is 22.9. The predicted octanol–water partition coefficient (Wildman–Crippen LogP) is 9.56. The monoisotopic (exact) mass is 438 g/mol. The number of nitrogens with one attached hydrogen (secondary N) is 1. The maximum Gasteiger partial charge on any atom is 0.0705 e. The minimum absolute atomic E-state index is 0.542. The number of rotatable bonds is 6. The molecule has 1 aromatic heterocycles. The zero-order chi connectivity index (χ0) is 25.3. The third-order valence-electron chi connectivity index (χ3n) is 4.77. The summed E-state index contributed by atoms with van der Waals surface area (Å²) in [5.74, 6) is 0. The summed E-state index contributed by atoms with van der Waals surface area (Å²) in [5, 5.41) is 3.34. The van der Waals surface area contributed by atoms with Gasteiger partial charge in [-0.15, -0.1) is 0 Å². The fourth-order valence-electron chi connectivity index (χ4n) is 2.27. The second kappa shape index (κ2) is 17.2. The quantitative estimate of drug-likeness (QED) is 0.485. The summed E-state index contributed by atoms with van der Waals surface area (Å²) < 4.78 is 0. The predicted molar refractivity (Wildman–Crippen MR) is 149 cm³/mol. The Morgan fingerprint density at radius 1 is 0.938 bits per heavy atom. The molecule has 2 heteroatoms. The van der Waals surface area contributed by atoms with Gasteiger partial charge in [-0.2, -0.15) is 0 Å². The van der Waals surface area contributed by atoms with Crippen molar-refractivity contribution in [1.29, 1.82) is 0 Å². The van der Waals surface area contributed by atoms with Crippen molar-refractivity contribution in [2.24, 2.45) is 5.41 Å². The van der Waals surface area contributed by atoms with E-state index in [1.807, 2.05) is 40.8 Å². The molecule has 0 saturated carbocycles. The summed E-state index contributed by atoms with van der Waals surface area (Å²) in [6.07, 6.45) is 4.24. The van der Waals surface area contributed by atoms with Gasteiger partial charge in [0, 0.05) is 24.0 Å². The van der Waals surface area contributed by atoms with Crippen LogP contribution in [0.1, 0.15) is 98.8 Å². The smallest absolute Gasteiger partial charge is 0.0705 e. The van der Waals surface area contributed by atoms with Crippen molar-refractivity contribution < 1.29 is 0 Å². The molecule has 0 atom stereocenters. The van der Waals surface area contributed by atoms with Crippen LogP contribution in [0.2, 0.25) is 0 Å². The van der Waals surface area contributed by atoms with Gasteiger partial charge in [0.25, 0.3) is 0 Å². The first kappa shape index (κ1) is 31.8. The second-order valence-electron chi connectivity index (χ2n) is 8.56. The first-order valence-corrected chi connectivity index (χ1v) is 12.2. The van der Waals surface area contributed by atoms with Crippen LogP contribution in [0.4, 0.5) is 0 Å². The van der Waals surface area contributed by atoms with E-state index in [4.69, 9.17) is 0 Å². The zero-order valence-electron chi connectivity index (χ0n) is 22.9. The van der Waals surface area contributed by atoms with Crippen molar-refractivity contribution in [3.63, 3.8) is 0 Å². The van der Waals surface area contributed by atoms with Crippen LogP contribution < -0.4 is 5.32 Å². The van der Waals surface area contributed by atoms with Gasteiger partial charge in [-0.25, -0.2) is 0 Å². The Morgan fingerprint density at radius 2 is 1.47 bits per heavy atom. The Kier molecular flexibility index (Phi) is 17.1. The van der Waals surface area contributed by atoms with Gasteiger partial charge in [0.05, 0.1) is 5.69 Å². The van der Waals surface area contributed by atoms with E-state index in [0.29, 0.717) is 5.41 Å². The van der Waals surface area contributed by atoms with E-state index in [1.165, 1.54) is 12.0 Å². The van der Waals surface area contributed by atoms with Crippen molar-refractivity contribution in [2.75, 3.05) is 6.54 Å². The number of hydrogen-bond donors (Lipinski definition) is 1. The van der Waals surface area contributed by atoms with Gasteiger partial charge in [0.2, 0.25) is 0 Å². The second-order valence-corrected chi connectivity index (χ2v) is 8.56. The van der Waals surface area contributed by atoms with Crippen molar-refractivity contribution in [2.45, 2.75) is 89.0 Å². The molecule has 0 spiro atoms. The van der Waals surface area contributed by atoms with Crippen LogP contribution >= 0.6 is 0 Å². The lowest BCUT2D eigenvalue weighted by Gasteiger charge is -2.12. The molecule has 0 amide bonds. The summed E-state index contributed by atoms with van der Waals surface area (Å²) in [5.41, 5.74) is 8.05. The molecular weight excluding hydrogens is 388 g/mol. The highest BCUT2D eigenvalue weighted by Gasteiger charge is 2.07. The normalized spacial score (nSPS) is 9.72. The molecule has 1 aromatic carbocycles. The number of pyridine rings is 1. The SMILES string of the molecule is C=C(C)c1ccc(-c2cc(C(=C)NCCC)ccc2C)nc1.CC.CC.CCC(C)(C)C. The average molecular weight is 439 g/mol. The molecule has 180 valence electrons. The third kappa shape index (κ3) is 12.5. The van der Waals surface area contributed by atoms with Crippen molar-refractivity contribution in [3.8, 4) is 11.3 Å². The van der Waals surface area contributed by atoms with E-state index in [1.54, 1.807) is 0 Å². The third-order valence-corrected chi connectivity index (χ3v) is 4.77. The summed E-state index contributed by atoms with van der Waals surface area (Å²) in [4.78, 5) is 4.58. The first-order chi connectivity index (χ1) is 15.1. The molecular formula is C30H50N2. The van der Waals surface area contributed by atoms with Gasteiger partial charge in [-0.3, -0.25) is 4.98 Å². The van der Waals surface area contributed by atoms with Gasteiger partial charge in [-0.05, 0) is 60.1 Å². The Hall–Kier alpha value is -2.35. The molecule has 0 aliphatic carbocycles. The molecule has 0 saturated heterocycles. The largest absolute Gasteiger partial charge is 0.385 e. The molecule has 0 bridgehead atoms. The Balaban J connectivity index is 0. The molecule has 1 N–H and O–H groups in total. The van der Waals surface area contributed by atoms with E-state index in [0.717, 1.165) is 46.6 Å². The molecule has 0 aliphatic rings. The summed E-state index contributed by atoms with van der Waals surface area (Å²) >= 11 is 0. The van der Waals surface area contributed by atoms with Gasteiger partial charge in [0.15, 0.2) is 0 Å². The Morgan fingerprint density at radius 3 is 1.88 bits per heavy atom. The minimum Gasteiger partial charge on any atom is -0.385 e. The lowest BCUT2D eigenvalue weighted by molar-refractivity contribution is 0.398.